The van der Waals surface area contributed by atoms with Crippen molar-refractivity contribution in [3.63, 3.8) is 0 Å². The Morgan fingerprint density at radius 3 is 2.28 bits per heavy atom. The summed E-state index contributed by atoms with van der Waals surface area (Å²) >= 11 is 5.97. The maximum absolute atomic E-state index is 12.4. The predicted molar refractivity (Wildman–Crippen MR) is 133 cm³/mol. The van der Waals surface area contributed by atoms with E-state index >= 15 is 0 Å². The molecule has 32 heavy (non-hydrogen) atoms. The Kier molecular flexibility index (Phi) is 6.93. The molecule has 0 aliphatic carbocycles. The van der Waals surface area contributed by atoms with Crippen molar-refractivity contribution in [3.05, 3.63) is 59.9 Å². The second-order valence-corrected chi connectivity index (χ2v) is 9.73. The molecule has 1 aromatic heterocycles. The van der Waals surface area contributed by atoms with Gasteiger partial charge < -0.3 is 15.5 Å². The zero-order valence-corrected chi connectivity index (χ0v) is 19.9. The summed E-state index contributed by atoms with van der Waals surface area (Å²) < 4.78 is 15.2. The third kappa shape index (κ3) is 5.03. The van der Waals surface area contributed by atoms with E-state index in [0.717, 1.165) is 29.9 Å². The van der Waals surface area contributed by atoms with Crippen LogP contribution < -0.4 is 20.3 Å². The first-order valence-corrected chi connectivity index (χ1v) is 12.1. The van der Waals surface area contributed by atoms with Gasteiger partial charge >= 0.3 is 0 Å². The average Bonchev–Trinajstić information content (AvgIpc) is 3.13. The van der Waals surface area contributed by atoms with Crippen molar-refractivity contribution < 1.29 is 4.21 Å². The van der Waals surface area contributed by atoms with Gasteiger partial charge in [-0.1, -0.05) is 11.6 Å². The summed E-state index contributed by atoms with van der Waals surface area (Å²) in [4.78, 5) is 11.8. The standard InChI is InChI=1S/C23H27ClN6OS/c1-15-4-5-16(2)30(15)21-11-10-19(32(31)25-3)12-20(21)29-23-13-22(26-14-27-23)28-18-8-6-17(24)7-9-18/h6-16,25H,4-5H2,1-3H3,(H2,26,27,28,29). The highest BCUT2D eigenvalue weighted by Crippen LogP contribution is 2.37. The summed E-state index contributed by atoms with van der Waals surface area (Å²) in [6.07, 6.45) is 3.80. The van der Waals surface area contributed by atoms with Gasteiger partial charge in [-0.05, 0) is 76.2 Å². The Morgan fingerprint density at radius 1 is 0.969 bits per heavy atom. The number of hydrogen-bond donors (Lipinski definition) is 3. The first-order chi connectivity index (χ1) is 15.4. The van der Waals surface area contributed by atoms with Crippen LogP contribution in [-0.2, 0) is 11.0 Å². The highest BCUT2D eigenvalue weighted by atomic mass is 35.5. The molecule has 0 saturated carbocycles. The molecule has 168 valence electrons. The molecular weight excluding hydrogens is 444 g/mol. The molecule has 0 amide bonds. The quantitative estimate of drug-likeness (QED) is 0.438. The summed E-state index contributed by atoms with van der Waals surface area (Å²) in [7, 11) is 0.398. The van der Waals surface area contributed by atoms with Gasteiger partial charge in [0.05, 0.1) is 16.3 Å². The third-order valence-corrected chi connectivity index (χ3v) is 6.95. The van der Waals surface area contributed by atoms with Crippen LogP contribution in [0.3, 0.4) is 0 Å². The second kappa shape index (κ2) is 9.85. The van der Waals surface area contributed by atoms with Crippen LogP contribution in [0.5, 0.6) is 0 Å². The van der Waals surface area contributed by atoms with E-state index in [-0.39, 0.29) is 0 Å². The zero-order chi connectivity index (χ0) is 22.7. The number of halogens is 1. The van der Waals surface area contributed by atoms with Gasteiger partial charge in [0.1, 0.15) is 28.9 Å². The smallest absolute Gasteiger partial charge is 0.135 e. The van der Waals surface area contributed by atoms with Gasteiger partial charge in [0.25, 0.3) is 0 Å². The molecule has 1 aliphatic heterocycles. The molecule has 2 heterocycles. The van der Waals surface area contributed by atoms with E-state index in [0.29, 0.717) is 33.6 Å². The van der Waals surface area contributed by atoms with Crippen molar-refractivity contribution in [2.45, 2.75) is 43.7 Å². The lowest BCUT2D eigenvalue weighted by Crippen LogP contribution is -2.33. The fourth-order valence-corrected chi connectivity index (χ4v) is 4.83. The monoisotopic (exact) mass is 470 g/mol. The fourth-order valence-electron chi connectivity index (χ4n) is 4.06. The Hall–Kier alpha value is -2.68. The molecule has 7 nitrogen and oxygen atoms in total. The topological polar surface area (TPSA) is 82.2 Å². The maximum atomic E-state index is 12.4. The zero-order valence-electron chi connectivity index (χ0n) is 18.3. The molecule has 3 unspecified atom stereocenters. The van der Waals surface area contributed by atoms with Crippen LogP contribution in [0.2, 0.25) is 5.02 Å². The number of nitrogens with zero attached hydrogens (tertiary/aromatic N) is 3. The van der Waals surface area contributed by atoms with Gasteiger partial charge in [-0.2, -0.15) is 0 Å². The van der Waals surface area contributed by atoms with Crippen LogP contribution in [0, 0.1) is 0 Å². The molecule has 1 saturated heterocycles. The Labute approximate surface area is 196 Å². The van der Waals surface area contributed by atoms with Crippen molar-refractivity contribution in [2.24, 2.45) is 0 Å². The van der Waals surface area contributed by atoms with Crippen molar-refractivity contribution in [1.29, 1.82) is 0 Å². The van der Waals surface area contributed by atoms with E-state index in [4.69, 9.17) is 11.6 Å². The van der Waals surface area contributed by atoms with Gasteiger partial charge in [-0.3, -0.25) is 0 Å². The van der Waals surface area contributed by atoms with Gasteiger partial charge in [-0.25, -0.2) is 18.9 Å². The molecule has 0 bridgehead atoms. The van der Waals surface area contributed by atoms with Crippen molar-refractivity contribution >= 4 is 51.3 Å². The van der Waals surface area contributed by atoms with E-state index in [1.54, 1.807) is 7.05 Å². The van der Waals surface area contributed by atoms with E-state index in [1.807, 2.05) is 48.5 Å². The molecule has 3 aromatic rings. The lowest BCUT2D eigenvalue weighted by molar-refractivity contribution is 0.677. The largest absolute Gasteiger partial charge is 0.364 e. The number of benzene rings is 2. The van der Waals surface area contributed by atoms with Crippen molar-refractivity contribution in [2.75, 3.05) is 22.6 Å². The number of rotatable bonds is 7. The minimum Gasteiger partial charge on any atom is -0.364 e. The average molecular weight is 471 g/mol. The second-order valence-electron chi connectivity index (χ2n) is 7.88. The summed E-state index contributed by atoms with van der Waals surface area (Å²) in [5.41, 5.74) is 2.82. The molecule has 3 N–H and O–H groups in total. The fraction of sp³-hybridized carbons (Fsp3) is 0.304. The predicted octanol–water partition coefficient (Wildman–Crippen LogP) is 5.24. The molecule has 0 radical (unpaired) electrons. The summed E-state index contributed by atoms with van der Waals surface area (Å²) in [5.74, 6) is 1.30. The van der Waals surface area contributed by atoms with Crippen molar-refractivity contribution in [3.8, 4) is 0 Å². The van der Waals surface area contributed by atoms with Gasteiger partial charge in [0, 0.05) is 28.9 Å². The first-order valence-electron chi connectivity index (χ1n) is 10.6. The van der Waals surface area contributed by atoms with E-state index in [9.17, 15) is 4.21 Å². The molecule has 2 aromatic carbocycles. The maximum Gasteiger partial charge on any atom is 0.135 e. The highest BCUT2D eigenvalue weighted by Gasteiger charge is 2.29. The number of aromatic nitrogens is 2. The summed E-state index contributed by atoms with van der Waals surface area (Å²) in [6, 6.07) is 16.0. The van der Waals surface area contributed by atoms with E-state index in [1.165, 1.54) is 6.33 Å². The molecule has 3 atom stereocenters. The number of anilines is 5. The first kappa shape index (κ1) is 22.5. The minimum atomic E-state index is -1.28. The van der Waals surface area contributed by atoms with Gasteiger partial charge in [0.2, 0.25) is 0 Å². The van der Waals surface area contributed by atoms with E-state index < -0.39 is 11.0 Å². The van der Waals surface area contributed by atoms with Crippen LogP contribution in [-0.4, -0.2) is 33.3 Å². The Morgan fingerprint density at radius 2 is 1.62 bits per heavy atom. The van der Waals surface area contributed by atoms with Gasteiger partial charge in [-0.15, -0.1) is 0 Å². The summed E-state index contributed by atoms with van der Waals surface area (Å²) in [5, 5.41) is 7.37. The molecule has 1 fully saturated rings. The Bertz CT molecular complexity index is 1100. The van der Waals surface area contributed by atoms with Crippen LogP contribution in [0.25, 0.3) is 0 Å². The van der Waals surface area contributed by atoms with Crippen LogP contribution in [0.4, 0.5) is 28.7 Å². The number of hydrogen-bond acceptors (Lipinski definition) is 6. The normalized spacial score (nSPS) is 19.1. The van der Waals surface area contributed by atoms with E-state index in [2.05, 4.69) is 44.1 Å². The van der Waals surface area contributed by atoms with Gasteiger partial charge in [0.15, 0.2) is 0 Å². The molecule has 0 spiro atoms. The minimum absolute atomic E-state index is 0.429. The lowest BCUT2D eigenvalue weighted by atomic mass is 10.2. The lowest BCUT2D eigenvalue weighted by Gasteiger charge is -2.31. The molecule has 4 rings (SSSR count). The highest BCUT2D eigenvalue weighted by molar-refractivity contribution is 7.83. The van der Waals surface area contributed by atoms with Crippen LogP contribution in [0.15, 0.2) is 59.8 Å². The number of nitrogens with one attached hydrogen (secondary N) is 3. The SMILES string of the molecule is CNS(=O)c1ccc(N2C(C)CCC2C)c(Nc2cc(Nc3ccc(Cl)cc3)ncn2)c1. The Balaban J connectivity index is 1.65. The molecule has 9 heteroatoms. The molecular formula is C23H27ClN6OS. The van der Waals surface area contributed by atoms with Crippen LogP contribution in [0.1, 0.15) is 26.7 Å². The van der Waals surface area contributed by atoms with Crippen LogP contribution >= 0.6 is 11.6 Å². The summed E-state index contributed by atoms with van der Waals surface area (Å²) in [6.45, 7) is 4.48. The third-order valence-electron chi connectivity index (χ3n) is 5.64. The molecule has 1 aliphatic rings. The van der Waals surface area contributed by atoms with Crippen molar-refractivity contribution in [1.82, 2.24) is 14.7 Å².